The van der Waals surface area contributed by atoms with E-state index in [2.05, 4.69) is 5.32 Å². The summed E-state index contributed by atoms with van der Waals surface area (Å²) in [6, 6.07) is 4.17. The van der Waals surface area contributed by atoms with Gasteiger partial charge in [-0.2, -0.15) is 12.7 Å². The summed E-state index contributed by atoms with van der Waals surface area (Å²) in [4.78, 5) is 11.6. The van der Waals surface area contributed by atoms with Crippen LogP contribution in [0.25, 0.3) is 0 Å². The van der Waals surface area contributed by atoms with Crippen molar-refractivity contribution in [1.29, 1.82) is 0 Å². The molecule has 0 unspecified atom stereocenters. The molecule has 104 valence electrons. The van der Waals surface area contributed by atoms with Crippen molar-refractivity contribution >= 4 is 27.5 Å². The summed E-state index contributed by atoms with van der Waals surface area (Å²) in [7, 11) is -2.35. The van der Waals surface area contributed by atoms with Gasteiger partial charge in [-0.25, -0.2) is 4.31 Å². The van der Waals surface area contributed by atoms with Crippen LogP contribution >= 0.6 is 0 Å². The van der Waals surface area contributed by atoms with Crippen molar-refractivity contribution in [3.05, 3.63) is 18.2 Å². The van der Waals surface area contributed by atoms with Crippen LogP contribution in [0.4, 0.5) is 11.4 Å². The summed E-state index contributed by atoms with van der Waals surface area (Å²) in [5, 5.41) is 12.1. The molecular weight excluding hydrogens is 270 g/mol. The zero-order chi connectivity index (χ0) is 14.2. The maximum atomic E-state index is 12.3. The number of aromatic hydroxyl groups is 1. The molecule has 2 rings (SSSR count). The quantitative estimate of drug-likeness (QED) is 0.784. The molecule has 1 aliphatic heterocycles. The lowest BCUT2D eigenvalue weighted by Gasteiger charge is -2.32. The monoisotopic (exact) mass is 285 g/mol. The number of nitrogens with one attached hydrogen (secondary N) is 1. The van der Waals surface area contributed by atoms with E-state index in [0.717, 1.165) is 8.61 Å². The van der Waals surface area contributed by atoms with Crippen molar-refractivity contribution in [1.82, 2.24) is 4.31 Å². The first-order valence-corrected chi connectivity index (χ1v) is 7.13. The van der Waals surface area contributed by atoms with Crippen molar-refractivity contribution in [2.45, 2.75) is 6.92 Å². The van der Waals surface area contributed by atoms with Gasteiger partial charge in [0.1, 0.15) is 12.3 Å². The minimum atomic E-state index is -3.78. The minimum Gasteiger partial charge on any atom is -0.508 e. The first-order chi connectivity index (χ1) is 8.86. The summed E-state index contributed by atoms with van der Waals surface area (Å²) in [5.41, 5.74) is 0.627. The number of rotatable bonds is 3. The second-order valence-corrected chi connectivity index (χ2v) is 6.14. The average Bonchev–Trinajstić information content (AvgIpc) is 2.37. The van der Waals surface area contributed by atoms with Crippen LogP contribution in [0, 0.1) is 0 Å². The fourth-order valence-electron chi connectivity index (χ4n) is 1.77. The molecule has 1 aliphatic rings. The van der Waals surface area contributed by atoms with Crippen LogP contribution in [0.2, 0.25) is 0 Å². The standard InChI is InChI=1S/C11H15N3O4S/c1-3-13(2)19(17,18)14-7-11(16)12-9-5-4-8(15)6-10(9)14/h4-6,15H,3,7H2,1-2H3,(H,12,16). The molecule has 8 heteroatoms. The van der Waals surface area contributed by atoms with E-state index >= 15 is 0 Å². The first kappa shape index (κ1) is 13.6. The van der Waals surface area contributed by atoms with Gasteiger partial charge in [-0.1, -0.05) is 6.92 Å². The Balaban J connectivity index is 2.54. The van der Waals surface area contributed by atoms with E-state index in [1.807, 2.05) is 0 Å². The second kappa shape index (κ2) is 4.71. The number of carbonyl (C=O) groups excluding carboxylic acids is 1. The molecule has 1 aromatic carbocycles. The summed E-state index contributed by atoms with van der Waals surface area (Å²) in [6.45, 7) is 1.68. The Morgan fingerprint density at radius 3 is 2.79 bits per heavy atom. The molecule has 0 aromatic heterocycles. The van der Waals surface area contributed by atoms with E-state index in [1.165, 1.54) is 25.2 Å². The molecule has 1 aromatic rings. The van der Waals surface area contributed by atoms with Gasteiger partial charge >= 0.3 is 10.2 Å². The number of amides is 1. The van der Waals surface area contributed by atoms with Gasteiger partial charge < -0.3 is 10.4 Å². The number of carbonyl (C=O) groups is 1. The lowest BCUT2D eigenvalue weighted by Crippen LogP contribution is -2.48. The van der Waals surface area contributed by atoms with Crippen molar-refractivity contribution in [2.75, 3.05) is 29.8 Å². The minimum absolute atomic E-state index is 0.0609. The molecule has 0 spiro atoms. The van der Waals surface area contributed by atoms with E-state index < -0.39 is 16.1 Å². The van der Waals surface area contributed by atoms with E-state index in [1.54, 1.807) is 6.92 Å². The average molecular weight is 285 g/mol. The Morgan fingerprint density at radius 1 is 1.47 bits per heavy atom. The molecule has 0 radical (unpaired) electrons. The highest BCUT2D eigenvalue weighted by atomic mass is 32.2. The van der Waals surface area contributed by atoms with Gasteiger partial charge in [-0.3, -0.25) is 4.79 Å². The molecule has 0 fully saturated rings. The van der Waals surface area contributed by atoms with Crippen molar-refractivity contribution in [2.24, 2.45) is 0 Å². The van der Waals surface area contributed by atoms with Gasteiger partial charge in [0, 0.05) is 19.7 Å². The second-order valence-electron chi connectivity index (χ2n) is 4.18. The van der Waals surface area contributed by atoms with Gasteiger partial charge in [-0.05, 0) is 12.1 Å². The largest absolute Gasteiger partial charge is 0.508 e. The number of nitrogens with zero attached hydrogens (tertiary/aromatic N) is 2. The highest BCUT2D eigenvalue weighted by molar-refractivity contribution is 7.90. The molecule has 19 heavy (non-hydrogen) atoms. The number of benzene rings is 1. The van der Waals surface area contributed by atoms with Crippen LogP contribution < -0.4 is 9.62 Å². The molecule has 0 aliphatic carbocycles. The third-order valence-electron chi connectivity index (χ3n) is 2.93. The van der Waals surface area contributed by atoms with Crippen molar-refractivity contribution in [3.8, 4) is 5.75 Å². The number of anilines is 2. The molecule has 0 saturated heterocycles. The molecule has 1 heterocycles. The van der Waals surface area contributed by atoms with Crippen LogP contribution in [-0.2, 0) is 15.0 Å². The SMILES string of the molecule is CCN(C)S(=O)(=O)N1CC(=O)Nc2ccc(O)cc21. The molecule has 2 N–H and O–H groups in total. The summed E-state index contributed by atoms with van der Waals surface area (Å²) < 4.78 is 26.8. The Labute approximate surface area is 111 Å². The van der Waals surface area contributed by atoms with Gasteiger partial charge in [-0.15, -0.1) is 0 Å². The van der Waals surface area contributed by atoms with Crippen LogP contribution in [0.5, 0.6) is 5.75 Å². The summed E-state index contributed by atoms with van der Waals surface area (Å²) in [5.74, 6) is -0.472. The third-order valence-corrected chi connectivity index (χ3v) is 4.86. The van der Waals surface area contributed by atoms with Crippen LogP contribution in [0.3, 0.4) is 0 Å². The van der Waals surface area contributed by atoms with Crippen molar-refractivity contribution in [3.63, 3.8) is 0 Å². The zero-order valence-electron chi connectivity index (χ0n) is 10.6. The predicted molar refractivity (Wildman–Crippen MR) is 71.3 cm³/mol. The smallest absolute Gasteiger partial charge is 0.304 e. The van der Waals surface area contributed by atoms with E-state index in [4.69, 9.17) is 0 Å². The molecule has 1 amide bonds. The van der Waals surface area contributed by atoms with Crippen LogP contribution in [0.1, 0.15) is 6.92 Å². The molecule has 0 saturated carbocycles. The van der Waals surface area contributed by atoms with Gasteiger partial charge in [0.05, 0.1) is 11.4 Å². The molecule has 0 bridgehead atoms. The Hall–Kier alpha value is -1.80. The number of hydrogen-bond donors (Lipinski definition) is 2. The van der Waals surface area contributed by atoms with Crippen molar-refractivity contribution < 1.29 is 18.3 Å². The van der Waals surface area contributed by atoms with E-state index in [0.29, 0.717) is 5.69 Å². The maximum absolute atomic E-state index is 12.3. The summed E-state index contributed by atoms with van der Waals surface area (Å²) >= 11 is 0. The Morgan fingerprint density at radius 2 is 2.16 bits per heavy atom. The fraction of sp³-hybridized carbons (Fsp3) is 0.364. The highest BCUT2D eigenvalue weighted by Crippen LogP contribution is 2.34. The van der Waals surface area contributed by atoms with Gasteiger partial charge in [0.25, 0.3) is 0 Å². The molecular formula is C11H15N3O4S. The third kappa shape index (κ3) is 2.36. The van der Waals surface area contributed by atoms with Crippen LogP contribution in [-0.4, -0.2) is 43.9 Å². The van der Waals surface area contributed by atoms with E-state index in [-0.39, 0.29) is 24.5 Å². The number of hydrogen-bond acceptors (Lipinski definition) is 4. The Kier molecular flexibility index (Phi) is 3.38. The lowest BCUT2D eigenvalue weighted by atomic mass is 10.2. The van der Waals surface area contributed by atoms with Crippen LogP contribution in [0.15, 0.2) is 18.2 Å². The van der Waals surface area contributed by atoms with E-state index in [9.17, 15) is 18.3 Å². The molecule has 0 atom stereocenters. The number of fused-ring (bicyclic) bond motifs is 1. The van der Waals surface area contributed by atoms with Gasteiger partial charge in [0.2, 0.25) is 5.91 Å². The number of phenols is 1. The Bertz CT molecular complexity index is 614. The zero-order valence-corrected chi connectivity index (χ0v) is 11.4. The molecule has 7 nitrogen and oxygen atoms in total. The predicted octanol–water partition coefficient (Wildman–Crippen LogP) is 0.347. The maximum Gasteiger partial charge on any atom is 0.304 e. The fourth-order valence-corrected chi connectivity index (χ4v) is 3.12. The first-order valence-electron chi connectivity index (χ1n) is 5.73. The number of phenolic OH excluding ortho intramolecular Hbond substituents is 1. The topological polar surface area (TPSA) is 90.0 Å². The highest BCUT2D eigenvalue weighted by Gasteiger charge is 2.33. The normalized spacial score (nSPS) is 15.3. The summed E-state index contributed by atoms with van der Waals surface area (Å²) in [6.07, 6.45) is 0. The van der Waals surface area contributed by atoms with Gasteiger partial charge in [0.15, 0.2) is 0 Å². The lowest BCUT2D eigenvalue weighted by molar-refractivity contribution is -0.115.